The summed E-state index contributed by atoms with van der Waals surface area (Å²) >= 11 is 0. The molecule has 2 amide bonds. The Morgan fingerprint density at radius 1 is 1.07 bits per heavy atom. The summed E-state index contributed by atoms with van der Waals surface area (Å²) in [4.78, 5) is 33.9. The Kier molecular flexibility index (Phi) is 6.74. The first kappa shape index (κ1) is 20.9. The van der Waals surface area contributed by atoms with Gasteiger partial charge in [-0.1, -0.05) is 12.1 Å². The highest BCUT2D eigenvalue weighted by atomic mass is 16.5. The molecule has 30 heavy (non-hydrogen) atoms. The number of hydrogen-bond acceptors (Lipinski definition) is 6. The van der Waals surface area contributed by atoms with Crippen LogP contribution in [0.2, 0.25) is 0 Å². The van der Waals surface area contributed by atoms with Crippen LogP contribution < -0.4 is 9.64 Å². The highest BCUT2D eigenvalue weighted by Gasteiger charge is 2.37. The molecule has 0 unspecified atom stereocenters. The number of amides is 2. The number of piperazine rings is 1. The van der Waals surface area contributed by atoms with Crippen molar-refractivity contribution in [2.75, 3.05) is 84.1 Å². The molecular formula is C22H32N4O4. The molecule has 0 spiro atoms. The molecule has 3 aliphatic heterocycles. The molecule has 1 aromatic carbocycles. The number of anilines is 1. The third-order valence-corrected chi connectivity index (χ3v) is 6.37. The average molecular weight is 417 g/mol. The number of methoxy groups -OCH3 is 1. The normalized spacial score (nSPS) is 23.2. The second-order valence-electron chi connectivity index (χ2n) is 8.18. The van der Waals surface area contributed by atoms with Gasteiger partial charge in [0.1, 0.15) is 5.75 Å². The fraction of sp³-hybridized carbons (Fsp3) is 0.636. The summed E-state index contributed by atoms with van der Waals surface area (Å²) in [7, 11) is 1.68. The van der Waals surface area contributed by atoms with E-state index in [-0.39, 0.29) is 17.7 Å². The number of carbonyl (C=O) groups is 2. The van der Waals surface area contributed by atoms with Gasteiger partial charge in [-0.25, -0.2) is 0 Å². The van der Waals surface area contributed by atoms with Gasteiger partial charge in [-0.15, -0.1) is 0 Å². The standard InChI is InChI=1S/C22H32N4O4/c1-29-20-5-3-2-4-19(20)24-8-10-25(11-9-24)22(28)18-16-21(27)26(17-18)7-6-23-12-14-30-15-13-23/h2-5,18H,6-17H2,1H3/t18-/m1/s1. The predicted molar refractivity (Wildman–Crippen MR) is 114 cm³/mol. The van der Waals surface area contributed by atoms with Gasteiger partial charge in [-0.3, -0.25) is 14.5 Å². The van der Waals surface area contributed by atoms with Gasteiger partial charge < -0.3 is 24.2 Å². The van der Waals surface area contributed by atoms with Crippen LogP contribution in [0.25, 0.3) is 0 Å². The van der Waals surface area contributed by atoms with Crippen molar-refractivity contribution in [1.29, 1.82) is 0 Å². The Morgan fingerprint density at radius 3 is 2.53 bits per heavy atom. The zero-order valence-electron chi connectivity index (χ0n) is 17.8. The Bertz CT molecular complexity index is 744. The summed E-state index contributed by atoms with van der Waals surface area (Å²) in [5.74, 6) is 0.876. The zero-order chi connectivity index (χ0) is 20.9. The number of rotatable bonds is 6. The number of morpholine rings is 1. The Labute approximate surface area is 178 Å². The van der Waals surface area contributed by atoms with E-state index < -0.39 is 0 Å². The summed E-state index contributed by atoms with van der Waals surface area (Å²) in [6.45, 7) is 8.35. The lowest BCUT2D eigenvalue weighted by atomic mass is 10.1. The SMILES string of the molecule is COc1ccccc1N1CCN(C(=O)[C@@H]2CC(=O)N(CCN3CCOCC3)C2)CC1. The first-order valence-electron chi connectivity index (χ1n) is 10.9. The number of para-hydroxylation sites is 2. The molecule has 0 N–H and O–H groups in total. The quantitative estimate of drug-likeness (QED) is 0.674. The molecule has 0 aromatic heterocycles. The topological polar surface area (TPSA) is 65.6 Å². The summed E-state index contributed by atoms with van der Waals surface area (Å²) in [6.07, 6.45) is 0.342. The molecule has 3 fully saturated rings. The van der Waals surface area contributed by atoms with Gasteiger partial charge in [0.05, 0.1) is 31.9 Å². The molecule has 1 aromatic rings. The average Bonchev–Trinajstić information content (AvgIpc) is 3.18. The number of hydrogen-bond donors (Lipinski definition) is 0. The van der Waals surface area contributed by atoms with Crippen LogP contribution >= 0.6 is 0 Å². The third kappa shape index (κ3) is 4.70. The van der Waals surface area contributed by atoms with E-state index in [2.05, 4.69) is 15.9 Å². The first-order valence-corrected chi connectivity index (χ1v) is 10.9. The minimum absolute atomic E-state index is 0.106. The minimum atomic E-state index is -0.208. The van der Waals surface area contributed by atoms with E-state index in [1.165, 1.54) is 0 Å². The van der Waals surface area contributed by atoms with E-state index >= 15 is 0 Å². The van der Waals surface area contributed by atoms with Crippen molar-refractivity contribution in [2.45, 2.75) is 6.42 Å². The maximum atomic E-state index is 13.0. The Morgan fingerprint density at radius 2 is 1.80 bits per heavy atom. The van der Waals surface area contributed by atoms with E-state index in [1.54, 1.807) is 7.11 Å². The Balaban J connectivity index is 1.26. The van der Waals surface area contributed by atoms with E-state index in [1.807, 2.05) is 28.0 Å². The van der Waals surface area contributed by atoms with Crippen LogP contribution in [0.3, 0.4) is 0 Å². The fourth-order valence-electron chi connectivity index (χ4n) is 4.56. The molecular weight excluding hydrogens is 384 g/mol. The number of ether oxygens (including phenoxy) is 2. The molecule has 0 bridgehead atoms. The minimum Gasteiger partial charge on any atom is -0.495 e. The van der Waals surface area contributed by atoms with Gasteiger partial charge in [0.25, 0.3) is 0 Å². The van der Waals surface area contributed by atoms with Crippen molar-refractivity contribution in [2.24, 2.45) is 5.92 Å². The van der Waals surface area contributed by atoms with Gasteiger partial charge in [-0.2, -0.15) is 0 Å². The second-order valence-corrected chi connectivity index (χ2v) is 8.18. The van der Waals surface area contributed by atoms with Crippen molar-refractivity contribution in [3.05, 3.63) is 24.3 Å². The molecule has 8 heteroatoms. The van der Waals surface area contributed by atoms with E-state index in [0.29, 0.717) is 32.6 Å². The van der Waals surface area contributed by atoms with Gasteiger partial charge in [-0.05, 0) is 12.1 Å². The molecule has 164 valence electrons. The van der Waals surface area contributed by atoms with Crippen LogP contribution in [0.15, 0.2) is 24.3 Å². The lowest BCUT2D eigenvalue weighted by molar-refractivity contribution is -0.136. The van der Waals surface area contributed by atoms with Gasteiger partial charge >= 0.3 is 0 Å². The lowest BCUT2D eigenvalue weighted by Gasteiger charge is -2.37. The molecule has 1 atom stereocenters. The highest BCUT2D eigenvalue weighted by Crippen LogP contribution is 2.29. The van der Waals surface area contributed by atoms with Crippen molar-refractivity contribution >= 4 is 17.5 Å². The third-order valence-electron chi connectivity index (χ3n) is 6.37. The number of benzene rings is 1. The van der Waals surface area contributed by atoms with Gasteiger partial charge in [0.15, 0.2) is 0 Å². The summed E-state index contributed by atoms with van der Waals surface area (Å²) in [5, 5.41) is 0. The monoisotopic (exact) mass is 416 g/mol. The fourth-order valence-corrected chi connectivity index (χ4v) is 4.56. The maximum Gasteiger partial charge on any atom is 0.228 e. The van der Waals surface area contributed by atoms with E-state index in [0.717, 1.165) is 57.4 Å². The summed E-state index contributed by atoms with van der Waals surface area (Å²) in [5.41, 5.74) is 1.07. The second kappa shape index (κ2) is 9.66. The lowest BCUT2D eigenvalue weighted by Crippen LogP contribution is -2.50. The van der Waals surface area contributed by atoms with Crippen LogP contribution in [0.5, 0.6) is 5.75 Å². The van der Waals surface area contributed by atoms with Crippen LogP contribution in [-0.2, 0) is 14.3 Å². The summed E-state index contributed by atoms with van der Waals surface area (Å²) < 4.78 is 10.8. The van der Waals surface area contributed by atoms with Crippen molar-refractivity contribution in [1.82, 2.24) is 14.7 Å². The van der Waals surface area contributed by atoms with E-state index in [9.17, 15) is 9.59 Å². The molecule has 8 nitrogen and oxygen atoms in total. The van der Waals surface area contributed by atoms with Gasteiger partial charge in [0, 0.05) is 65.3 Å². The number of carbonyl (C=O) groups excluding carboxylic acids is 2. The van der Waals surface area contributed by atoms with Crippen molar-refractivity contribution in [3.8, 4) is 5.75 Å². The highest BCUT2D eigenvalue weighted by molar-refractivity contribution is 5.89. The zero-order valence-corrected chi connectivity index (χ0v) is 17.8. The smallest absolute Gasteiger partial charge is 0.228 e. The molecule has 3 aliphatic rings. The van der Waals surface area contributed by atoms with Crippen LogP contribution in [0, 0.1) is 5.92 Å². The van der Waals surface area contributed by atoms with Crippen LogP contribution in [0.1, 0.15) is 6.42 Å². The number of likely N-dealkylation sites (tertiary alicyclic amines) is 1. The van der Waals surface area contributed by atoms with Crippen LogP contribution in [0.4, 0.5) is 5.69 Å². The molecule has 4 rings (SSSR count). The van der Waals surface area contributed by atoms with Gasteiger partial charge in [0.2, 0.25) is 11.8 Å². The molecule has 3 heterocycles. The van der Waals surface area contributed by atoms with E-state index in [4.69, 9.17) is 9.47 Å². The maximum absolute atomic E-state index is 13.0. The molecule has 3 saturated heterocycles. The Hall–Kier alpha value is -2.32. The predicted octanol–water partition coefficient (Wildman–Crippen LogP) is 0.525. The largest absolute Gasteiger partial charge is 0.495 e. The number of nitrogens with zero attached hydrogens (tertiary/aromatic N) is 4. The van der Waals surface area contributed by atoms with Crippen LogP contribution in [-0.4, -0.2) is 106 Å². The molecule has 0 saturated carbocycles. The molecule has 0 radical (unpaired) electrons. The summed E-state index contributed by atoms with van der Waals surface area (Å²) in [6, 6.07) is 7.98. The first-order chi connectivity index (χ1) is 14.7. The van der Waals surface area contributed by atoms with Crippen molar-refractivity contribution in [3.63, 3.8) is 0 Å². The van der Waals surface area contributed by atoms with Crippen molar-refractivity contribution < 1.29 is 19.1 Å². The molecule has 0 aliphatic carbocycles.